The lowest BCUT2D eigenvalue weighted by atomic mass is 9.45. The van der Waals surface area contributed by atoms with Crippen LogP contribution in [0.1, 0.15) is 72.6 Å². The van der Waals surface area contributed by atoms with Gasteiger partial charge >= 0.3 is 0 Å². The van der Waals surface area contributed by atoms with Gasteiger partial charge in [0.1, 0.15) is 0 Å². The van der Waals surface area contributed by atoms with Crippen molar-refractivity contribution < 1.29 is 9.90 Å². The van der Waals surface area contributed by atoms with E-state index in [1.807, 2.05) is 6.08 Å². The summed E-state index contributed by atoms with van der Waals surface area (Å²) >= 11 is 0. The molecule has 23 heavy (non-hydrogen) atoms. The number of rotatable bonds is 0. The van der Waals surface area contributed by atoms with Crippen molar-refractivity contribution in [3.05, 3.63) is 11.6 Å². The average molecular weight is 316 g/mol. The van der Waals surface area contributed by atoms with Crippen molar-refractivity contribution in [1.29, 1.82) is 0 Å². The van der Waals surface area contributed by atoms with E-state index in [1.165, 1.54) is 24.8 Å². The summed E-state index contributed by atoms with van der Waals surface area (Å²) in [5.74, 6) is 2.97. The lowest BCUT2D eigenvalue weighted by Gasteiger charge is -2.60. The minimum Gasteiger partial charge on any atom is -0.390 e. The van der Waals surface area contributed by atoms with Crippen LogP contribution in [-0.4, -0.2) is 16.5 Å². The molecule has 2 nitrogen and oxygen atoms in total. The fourth-order valence-electron chi connectivity index (χ4n) is 7.23. The third-order valence-corrected chi connectivity index (χ3v) is 8.84. The zero-order valence-electron chi connectivity index (χ0n) is 15.2. The van der Waals surface area contributed by atoms with Crippen molar-refractivity contribution in [3.8, 4) is 0 Å². The maximum absolute atomic E-state index is 12.0. The standard InChI is InChI=1S/C21H32O2/c1-13-11-15-16(19(2)8-5-14(22)12-18(13)19)6-9-20(3)17(15)7-10-21(20,4)23/h12-13,15-17,23H,5-11H2,1-4H3/t13?,15-,16+,17+,19-,20+,21+/m1/s1. The van der Waals surface area contributed by atoms with Gasteiger partial charge in [-0.05, 0) is 86.0 Å². The van der Waals surface area contributed by atoms with Crippen LogP contribution in [0.15, 0.2) is 11.6 Å². The molecule has 7 atom stereocenters. The first-order valence-corrected chi connectivity index (χ1v) is 9.66. The fraction of sp³-hybridized carbons (Fsp3) is 0.857. The predicted octanol–water partition coefficient (Wildman–Crippen LogP) is 4.52. The molecule has 4 aliphatic rings. The number of fused-ring (bicyclic) bond motifs is 5. The Morgan fingerprint density at radius 2 is 1.78 bits per heavy atom. The summed E-state index contributed by atoms with van der Waals surface area (Å²) < 4.78 is 0. The SMILES string of the molecule is CC1C[C@@H]2[C@H](CC[C@@]3(C)[C@H]2CC[C@]3(C)O)[C@@]2(C)CCC(=O)C=C12. The summed E-state index contributed by atoms with van der Waals surface area (Å²) in [6.45, 7) is 9.20. The van der Waals surface area contributed by atoms with Crippen LogP contribution >= 0.6 is 0 Å². The maximum Gasteiger partial charge on any atom is 0.155 e. The topological polar surface area (TPSA) is 37.3 Å². The Labute approximate surface area is 140 Å². The molecule has 4 rings (SSSR count). The van der Waals surface area contributed by atoms with Crippen molar-refractivity contribution in [3.63, 3.8) is 0 Å². The highest BCUT2D eigenvalue weighted by Crippen LogP contribution is 2.68. The van der Waals surface area contributed by atoms with E-state index in [0.717, 1.165) is 31.6 Å². The van der Waals surface area contributed by atoms with Gasteiger partial charge in [-0.25, -0.2) is 0 Å². The first kappa shape index (κ1) is 15.9. The van der Waals surface area contributed by atoms with Crippen LogP contribution in [0.4, 0.5) is 0 Å². The summed E-state index contributed by atoms with van der Waals surface area (Å²) in [6, 6.07) is 0. The van der Waals surface area contributed by atoms with Crippen LogP contribution in [-0.2, 0) is 4.79 Å². The number of hydrogen-bond acceptors (Lipinski definition) is 2. The molecule has 3 fully saturated rings. The molecule has 0 amide bonds. The van der Waals surface area contributed by atoms with Gasteiger partial charge in [-0.15, -0.1) is 0 Å². The minimum atomic E-state index is -0.495. The van der Waals surface area contributed by atoms with Gasteiger partial charge in [0.05, 0.1) is 5.60 Å². The molecule has 0 bridgehead atoms. The van der Waals surface area contributed by atoms with Gasteiger partial charge in [-0.2, -0.15) is 0 Å². The highest BCUT2D eigenvalue weighted by atomic mass is 16.3. The first-order chi connectivity index (χ1) is 10.7. The molecule has 0 spiro atoms. The Morgan fingerprint density at radius 3 is 2.52 bits per heavy atom. The zero-order valence-corrected chi connectivity index (χ0v) is 15.2. The molecule has 128 valence electrons. The molecule has 0 aromatic carbocycles. The Kier molecular flexibility index (Phi) is 3.25. The molecule has 1 unspecified atom stereocenters. The Balaban J connectivity index is 1.74. The summed E-state index contributed by atoms with van der Waals surface area (Å²) in [7, 11) is 0. The predicted molar refractivity (Wildman–Crippen MR) is 91.9 cm³/mol. The van der Waals surface area contributed by atoms with Crippen LogP contribution in [0.25, 0.3) is 0 Å². The molecule has 1 N–H and O–H groups in total. The number of hydrogen-bond donors (Lipinski definition) is 1. The molecule has 0 aromatic heterocycles. The number of allylic oxidation sites excluding steroid dienone is 1. The summed E-state index contributed by atoms with van der Waals surface area (Å²) in [5, 5.41) is 11.0. The van der Waals surface area contributed by atoms with Gasteiger partial charge in [-0.1, -0.05) is 26.3 Å². The molecule has 0 radical (unpaired) electrons. The van der Waals surface area contributed by atoms with Crippen LogP contribution in [0.2, 0.25) is 0 Å². The van der Waals surface area contributed by atoms with Crippen molar-refractivity contribution in [2.24, 2.45) is 34.5 Å². The molecule has 3 saturated carbocycles. The van der Waals surface area contributed by atoms with E-state index in [0.29, 0.717) is 23.5 Å². The highest BCUT2D eigenvalue weighted by molar-refractivity contribution is 5.91. The van der Waals surface area contributed by atoms with E-state index in [-0.39, 0.29) is 10.8 Å². The van der Waals surface area contributed by atoms with Gasteiger partial charge in [0.2, 0.25) is 0 Å². The van der Waals surface area contributed by atoms with Crippen molar-refractivity contribution in [2.75, 3.05) is 0 Å². The van der Waals surface area contributed by atoms with Crippen molar-refractivity contribution in [1.82, 2.24) is 0 Å². The van der Waals surface area contributed by atoms with Gasteiger partial charge in [-0.3, -0.25) is 4.79 Å². The molecular formula is C21H32O2. The van der Waals surface area contributed by atoms with Crippen LogP contribution in [0.5, 0.6) is 0 Å². The van der Waals surface area contributed by atoms with Crippen LogP contribution in [0, 0.1) is 34.5 Å². The maximum atomic E-state index is 12.0. The van der Waals surface area contributed by atoms with Crippen LogP contribution in [0.3, 0.4) is 0 Å². The number of carbonyl (C=O) groups excluding carboxylic acids is 1. The summed E-state index contributed by atoms with van der Waals surface area (Å²) in [6.07, 6.45) is 9.52. The van der Waals surface area contributed by atoms with Gasteiger partial charge in [0, 0.05) is 6.42 Å². The third-order valence-electron chi connectivity index (χ3n) is 8.84. The van der Waals surface area contributed by atoms with Gasteiger partial charge in [0.15, 0.2) is 5.78 Å². The van der Waals surface area contributed by atoms with E-state index in [2.05, 4.69) is 27.7 Å². The average Bonchev–Trinajstić information content (AvgIpc) is 2.72. The summed E-state index contributed by atoms with van der Waals surface area (Å²) in [4.78, 5) is 12.0. The second kappa shape index (κ2) is 4.71. The molecular weight excluding hydrogens is 284 g/mol. The third kappa shape index (κ3) is 1.94. The lowest BCUT2D eigenvalue weighted by Crippen LogP contribution is -2.55. The Bertz CT molecular complexity index is 574. The highest BCUT2D eigenvalue weighted by Gasteiger charge is 2.63. The second-order valence-corrected chi connectivity index (χ2v) is 9.77. The molecule has 0 heterocycles. The molecule has 2 heteroatoms. The van der Waals surface area contributed by atoms with E-state index in [1.54, 1.807) is 0 Å². The quantitative estimate of drug-likeness (QED) is 0.713. The Morgan fingerprint density at radius 1 is 1.09 bits per heavy atom. The molecule has 0 aliphatic heterocycles. The largest absolute Gasteiger partial charge is 0.390 e. The molecule has 4 aliphatic carbocycles. The zero-order chi connectivity index (χ0) is 16.6. The van der Waals surface area contributed by atoms with Crippen molar-refractivity contribution in [2.45, 2.75) is 78.2 Å². The Hall–Kier alpha value is -0.630. The molecule has 0 aromatic rings. The first-order valence-electron chi connectivity index (χ1n) is 9.66. The van der Waals surface area contributed by atoms with E-state index < -0.39 is 5.60 Å². The van der Waals surface area contributed by atoms with Crippen molar-refractivity contribution >= 4 is 5.78 Å². The molecule has 0 saturated heterocycles. The van der Waals surface area contributed by atoms with E-state index in [4.69, 9.17) is 0 Å². The smallest absolute Gasteiger partial charge is 0.155 e. The number of aliphatic hydroxyl groups is 1. The summed E-state index contributed by atoms with van der Waals surface area (Å²) in [5.41, 5.74) is 1.27. The lowest BCUT2D eigenvalue weighted by molar-refractivity contribution is -0.127. The normalized spacial score (nSPS) is 55.7. The van der Waals surface area contributed by atoms with Gasteiger partial charge in [0.25, 0.3) is 0 Å². The minimum absolute atomic E-state index is 0.0932. The fourth-order valence-corrected chi connectivity index (χ4v) is 7.23. The second-order valence-electron chi connectivity index (χ2n) is 9.77. The number of ketones is 1. The van der Waals surface area contributed by atoms with E-state index >= 15 is 0 Å². The monoisotopic (exact) mass is 316 g/mol. The van der Waals surface area contributed by atoms with Crippen LogP contribution < -0.4 is 0 Å². The van der Waals surface area contributed by atoms with E-state index in [9.17, 15) is 9.90 Å². The number of carbonyl (C=O) groups is 1. The van der Waals surface area contributed by atoms with Gasteiger partial charge < -0.3 is 5.11 Å².